The molecule has 0 aliphatic carbocycles. The first-order valence-corrected chi connectivity index (χ1v) is 8.90. The fourth-order valence-electron chi connectivity index (χ4n) is 2.26. The van der Waals surface area contributed by atoms with Crippen LogP contribution in [0.15, 0.2) is 29.3 Å². The highest BCUT2D eigenvalue weighted by molar-refractivity contribution is 7.92. The molecule has 0 fully saturated rings. The van der Waals surface area contributed by atoms with Gasteiger partial charge in [-0.25, -0.2) is 13.4 Å². The van der Waals surface area contributed by atoms with Crippen LogP contribution in [0.1, 0.15) is 0 Å². The molecule has 0 radical (unpaired) electrons. The lowest BCUT2D eigenvalue weighted by molar-refractivity contribution is 0.171. The first kappa shape index (κ1) is 17.1. The van der Waals surface area contributed by atoms with Gasteiger partial charge >= 0.3 is 6.01 Å². The first-order valence-electron chi connectivity index (χ1n) is 7.41. The molecule has 2 aromatic rings. The van der Waals surface area contributed by atoms with Gasteiger partial charge in [-0.3, -0.25) is 4.72 Å². The largest absolute Gasteiger partial charge is 0.486 e. The SMILES string of the molecule is COc1ncc(NS(=O)(=O)c2ccc3c(c2)OCCO3)c(N(C)C)n1. The minimum Gasteiger partial charge on any atom is -0.486 e. The number of hydrogen-bond acceptors (Lipinski definition) is 8. The Kier molecular flexibility index (Phi) is 4.53. The number of ether oxygens (including phenoxy) is 3. The minimum absolute atomic E-state index is 0.0530. The zero-order valence-electron chi connectivity index (χ0n) is 14.0. The van der Waals surface area contributed by atoms with Crippen molar-refractivity contribution in [1.29, 1.82) is 0 Å². The zero-order valence-corrected chi connectivity index (χ0v) is 14.8. The van der Waals surface area contributed by atoms with Gasteiger partial charge in [-0.15, -0.1) is 0 Å². The molecule has 0 unspecified atom stereocenters. The van der Waals surface area contributed by atoms with Crippen molar-refractivity contribution in [3.8, 4) is 17.5 Å². The molecular weight excluding hydrogens is 348 g/mol. The monoisotopic (exact) mass is 366 g/mol. The molecule has 3 rings (SSSR count). The Morgan fingerprint density at radius 1 is 1.20 bits per heavy atom. The van der Waals surface area contributed by atoms with Crippen LogP contribution in [0.25, 0.3) is 0 Å². The van der Waals surface area contributed by atoms with Crippen LogP contribution < -0.4 is 23.8 Å². The first-order chi connectivity index (χ1) is 11.9. The highest BCUT2D eigenvalue weighted by Crippen LogP contribution is 2.33. The van der Waals surface area contributed by atoms with E-state index in [9.17, 15) is 8.42 Å². The summed E-state index contributed by atoms with van der Waals surface area (Å²) in [5, 5.41) is 0. The van der Waals surface area contributed by atoms with Crippen molar-refractivity contribution in [2.45, 2.75) is 4.90 Å². The third kappa shape index (κ3) is 3.53. The molecule has 0 saturated heterocycles. The smallest absolute Gasteiger partial charge is 0.318 e. The van der Waals surface area contributed by atoms with E-state index >= 15 is 0 Å². The Morgan fingerprint density at radius 3 is 2.60 bits per heavy atom. The summed E-state index contributed by atoms with van der Waals surface area (Å²) in [5.41, 5.74) is 0.237. The summed E-state index contributed by atoms with van der Waals surface area (Å²) < 4.78 is 43.7. The molecule has 1 aromatic carbocycles. The van der Waals surface area contributed by atoms with E-state index in [1.165, 1.54) is 25.4 Å². The molecule has 10 heteroatoms. The predicted molar refractivity (Wildman–Crippen MR) is 91.2 cm³/mol. The van der Waals surface area contributed by atoms with Crippen LogP contribution in [-0.4, -0.2) is 52.8 Å². The van der Waals surface area contributed by atoms with Gasteiger partial charge in [0.25, 0.3) is 10.0 Å². The van der Waals surface area contributed by atoms with Gasteiger partial charge in [-0.2, -0.15) is 4.98 Å². The third-order valence-electron chi connectivity index (χ3n) is 3.42. The van der Waals surface area contributed by atoms with Crippen molar-refractivity contribution in [2.24, 2.45) is 0 Å². The normalized spacial score (nSPS) is 13.2. The number of fused-ring (bicyclic) bond motifs is 1. The summed E-state index contributed by atoms with van der Waals surface area (Å²) in [5.74, 6) is 1.30. The van der Waals surface area contributed by atoms with E-state index in [2.05, 4.69) is 14.7 Å². The summed E-state index contributed by atoms with van der Waals surface area (Å²) >= 11 is 0. The van der Waals surface area contributed by atoms with E-state index in [0.717, 1.165) is 0 Å². The average Bonchev–Trinajstić information content (AvgIpc) is 2.61. The Bertz CT molecular complexity index is 885. The molecule has 0 bridgehead atoms. The van der Waals surface area contributed by atoms with E-state index in [0.29, 0.717) is 30.5 Å². The van der Waals surface area contributed by atoms with Crippen LogP contribution in [-0.2, 0) is 10.0 Å². The molecule has 1 aromatic heterocycles. The summed E-state index contributed by atoms with van der Waals surface area (Å²) in [7, 11) is 1.06. The van der Waals surface area contributed by atoms with Crippen molar-refractivity contribution in [1.82, 2.24) is 9.97 Å². The number of nitrogens with one attached hydrogen (secondary N) is 1. The minimum atomic E-state index is -3.86. The lowest BCUT2D eigenvalue weighted by Crippen LogP contribution is -2.20. The van der Waals surface area contributed by atoms with Crippen LogP contribution in [0, 0.1) is 0 Å². The molecule has 1 N–H and O–H groups in total. The van der Waals surface area contributed by atoms with E-state index in [4.69, 9.17) is 14.2 Å². The fourth-order valence-corrected chi connectivity index (χ4v) is 3.32. The molecule has 0 amide bonds. The van der Waals surface area contributed by atoms with E-state index < -0.39 is 10.0 Å². The molecule has 0 saturated carbocycles. The molecule has 1 aliphatic rings. The number of methoxy groups -OCH3 is 1. The van der Waals surface area contributed by atoms with E-state index in [1.807, 2.05) is 0 Å². The van der Waals surface area contributed by atoms with Gasteiger partial charge in [0, 0.05) is 20.2 Å². The quantitative estimate of drug-likeness (QED) is 0.840. The van der Waals surface area contributed by atoms with Gasteiger partial charge in [-0.1, -0.05) is 0 Å². The molecular formula is C15H18N4O5S. The Labute approximate surface area is 145 Å². The van der Waals surface area contributed by atoms with Crippen molar-refractivity contribution < 1.29 is 22.6 Å². The van der Waals surface area contributed by atoms with Crippen LogP contribution in [0.3, 0.4) is 0 Å². The van der Waals surface area contributed by atoms with Gasteiger partial charge in [0.1, 0.15) is 18.9 Å². The second kappa shape index (κ2) is 6.63. The summed E-state index contributed by atoms with van der Waals surface area (Å²) in [6, 6.07) is 4.60. The number of nitrogens with zero attached hydrogens (tertiary/aromatic N) is 3. The van der Waals surface area contributed by atoms with E-state index in [1.54, 1.807) is 25.1 Å². The summed E-state index contributed by atoms with van der Waals surface area (Å²) in [4.78, 5) is 9.83. The molecule has 0 atom stereocenters. The number of anilines is 2. The number of sulfonamides is 1. The highest BCUT2D eigenvalue weighted by Gasteiger charge is 2.22. The van der Waals surface area contributed by atoms with Crippen molar-refractivity contribution >= 4 is 21.5 Å². The molecule has 134 valence electrons. The number of rotatable bonds is 5. The van der Waals surface area contributed by atoms with Gasteiger partial charge in [0.05, 0.1) is 18.2 Å². The maximum absolute atomic E-state index is 12.7. The summed E-state index contributed by atoms with van der Waals surface area (Å²) in [6.07, 6.45) is 1.36. The Balaban J connectivity index is 1.94. The molecule has 1 aliphatic heterocycles. The predicted octanol–water partition coefficient (Wildman–Crippen LogP) is 1.12. The topological polar surface area (TPSA) is 103 Å². The number of aromatic nitrogens is 2. The lowest BCUT2D eigenvalue weighted by atomic mass is 10.3. The lowest BCUT2D eigenvalue weighted by Gasteiger charge is -2.20. The number of benzene rings is 1. The van der Waals surface area contributed by atoms with E-state index in [-0.39, 0.29) is 16.6 Å². The standard InChI is InChI=1S/C15H18N4O5S/c1-19(2)14-11(9-16-15(17-14)22-3)18-25(20,21)10-4-5-12-13(8-10)24-7-6-23-12/h4-5,8-9,18H,6-7H2,1-3H3. The Morgan fingerprint density at radius 2 is 1.92 bits per heavy atom. The van der Waals surface area contributed by atoms with Gasteiger partial charge < -0.3 is 19.1 Å². The number of hydrogen-bond donors (Lipinski definition) is 1. The van der Waals surface area contributed by atoms with Gasteiger partial charge in [-0.05, 0) is 12.1 Å². The van der Waals surface area contributed by atoms with Crippen molar-refractivity contribution in [2.75, 3.05) is 44.0 Å². The molecule has 9 nitrogen and oxygen atoms in total. The van der Waals surface area contributed by atoms with Crippen LogP contribution in [0.5, 0.6) is 17.5 Å². The molecule has 25 heavy (non-hydrogen) atoms. The fraction of sp³-hybridized carbons (Fsp3) is 0.333. The summed E-state index contributed by atoms with van der Waals surface area (Å²) in [6.45, 7) is 0.813. The van der Waals surface area contributed by atoms with Crippen molar-refractivity contribution in [3.05, 3.63) is 24.4 Å². The van der Waals surface area contributed by atoms with Crippen LogP contribution in [0.4, 0.5) is 11.5 Å². The van der Waals surface area contributed by atoms with Gasteiger partial charge in [0.15, 0.2) is 17.3 Å². The molecule has 2 heterocycles. The zero-order chi connectivity index (χ0) is 18.0. The second-order valence-corrected chi connectivity index (χ2v) is 7.08. The highest BCUT2D eigenvalue weighted by atomic mass is 32.2. The maximum atomic E-state index is 12.7. The third-order valence-corrected chi connectivity index (χ3v) is 4.78. The van der Waals surface area contributed by atoms with Crippen LogP contribution >= 0.6 is 0 Å². The Hall–Kier alpha value is -2.75. The van der Waals surface area contributed by atoms with Gasteiger partial charge in [0.2, 0.25) is 0 Å². The maximum Gasteiger partial charge on any atom is 0.318 e. The second-order valence-electron chi connectivity index (χ2n) is 5.40. The van der Waals surface area contributed by atoms with Crippen LogP contribution in [0.2, 0.25) is 0 Å². The average molecular weight is 366 g/mol. The molecule has 0 spiro atoms. The van der Waals surface area contributed by atoms with Crippen molar-refractivity contribution in [3.63, 3.8) is 0 Å².